The standard InChI is InChI=1S/C22H30N2O4/c1-2-15-3-4-18-17(11-15)16(14-28-18)12-21(26)24-8-5-22(6-9-24)19(25)13-20(22)27-10-7-23/h3-4,11,14,19-20,25H,2,5-10,12-13,23H2,1H3/t19-,20+/m1/s1. The number of likely N-dealkylation sites (tertiary alicyclic amines) is 1. The normalized spacial score (nSPS) is 23.9. The molecule has 4 rings (SSSR count). The summed E-state index contributed by atoms with van der Waals surface area (Å²) < 4.78 is 11.5. The minimum Gasteiger partial charge on any atom is -0.464 e. The molecule has 6 heteroatoms. The fourth-order valence-electron chi connectivity index (χ4n) is 4.76. The Morgan fingerprint density at radius 3 is 2.86 bits per heavy atom. The fraction of sp³-hybridized carbons (Fsp3) is 0.591. The third kappa shape index (κ3) is 3.34. The molecule has 0 unspecified atom stereocenters. The van der Waals surface area contributed by atoms with Gasteiger partial charge in [-0.25, -0.2) is 0 Å². The molecule has 1 saturated heterocycles. The van der Waals surface area contributed by atoms with Crippen LogP contribution in [0.25, 0.3) is 11.0 Å². The lowest BCUT2D eigenvalue weighted by atomic mass is 9.58. The Morgan fingerprint density at radius 1 is 1.39 bits per heavy atom. The molecule has 6 nitrogen and oxygen atoms in total. The quantitative estimate of drug-likeness (QED) is 0.795. The van der Waals surface area contributed by atoms with Crippen LogP contribution in [0.3, 0.4) is 0 Å². The van der Waals surface area contributed by atoms with Crippen LogP contribution < -0.4 is 5.73 Å². The highest BCUT2D eigenvalue weighted by molar-refractivity contribution is 5.88. The van der Waals surface area contributed by atoms with Gasteiger partial charge in [0.1, 0.15) is 5.58 Å². The third-order valence-corrected chi connectivity index (χ3v) is 6.69. The number of piperidine rings is 1. The van der Waals surface area contributed by atoms with Gasteiger partial charge in [-0.15, -0.1) is 0 Å². The number of hydrogen-bond donors (Lipinski definition) is 2. The fourth-order valence-corrected chi connectivity index (χ4v) is 4.76. The van der Waals surface area contributed by atoms with Crippen molar-refractivity contribution in [3.63, 3.8) is 0 Å². The van der Waals surface area contributed by atoms with Gasteiger partial charge in [-0.2, -0.15) is 0 Å². The van der Waals surface area contributed by atoms with Gasteiger partial charge in [0.05, 0.1) is 31.5 Å². The number of furan rings is 1. The van der Waals surface area contributed by atoms with Gasteiger partial charge in [0, 0.05) is 42.4 Å². The van der Waals surface area contributed by atoms with Gasteiger partial charge in [-0.1, -0.05) is 13.0 Å². The van der Waals surface area contributed by atoms with Gasteiger partial charge in [0.15, 0.2) is 0 Å². The molecule has 2 atom stereocenters. The van der Waals surface area contributed by atoms with Crippen molar-refractivity contribution in [2.24, 2.45) is 11.1 Å². The number of fused-ring (bicyclic) bond motifs is 1. The topological polar surface area (TPSA) is 88.9 Å². The molecule has 2 heterocycles. The lowest BCUT2D eigenvalue weighted by molar-refractivity contribution is -0.210. The molecular formula is C22H30N2O4. The lowest BCUT2D eigenvalue weighted by Gasteiger charge is -2.56. The summed E-state index contributed by atoms with van der Waals surface area (Å²) in [5, 5.41) is 11.4. The molecule has 3 N–H and O–H groups in total. The Kier molecular flexibility index (Phi) is 5.45. The first-order valence-electron chi connectivity index (χ1n) is 10.3. The first-order chi connectivity index (χ1) is 13.6. The van der Waals surface area contributed by atoms with E-state index in [1.807, 2.05) is 11.0 Å². The number of nitrogens with two attached hydrogens (primary N) is 1. The number of benzene rings is 1. The summed E-state index contributed by atoms with van der Waals surface area (Å²) in [7, 11) is 0. The smallest absolute Gasteiger partial charge is 0.227 e. The second kappa shape index (κ2) is 7.85. The van der Waals surface area contributed by atoms with E-state index in [0.717, 1.165) is 35.8 Å². The Labute approximate surface area is 165 Å². The van der Waals surface area contributed by atoms with E-state index in [0.29, 0.717) is 39.1 Å². The molecule has 2 aromatic rings. The second-order valence-corrected chi connectivity index (χ2v) is 8.14. The SMILES string of the molecule is CCc1ccc2occ(CC(=O)N3CCC4(CC3)[C@H](O)C[C@@H]4OCCN)c2c1. The third-order valence-electron chi connectivity index (χ3n) is 6.69. The molecule has 0 bridgehead atoms. The van der Waals surface area contributed by atoms with Crippen LogP contribution in [0.5, 0.6) is 0 Å². The van der Waals surface area contributed by atoms with Crippen molar-refractivity contribution >= 4 is 16.9 Å². The predicted molar refractivity (Wildman–Crippen MR) is 107 cm³/mol. The van der Waals surface area contributed by atoms with Crippen LogP contribution in [0.4, 0.5) is 0 Å². The van der Waals surface area contributed by atoms with Gasteiger partial charge in [-0.3, -0.25) is 4.79 Å². The van der Waals surface area contributed by atoms with Gasteiger partial charge >= 0.3 is 0 Å². The highest BCUT2D eigenvalue weighted by Crippen LogP contribution is 2.51. The second-order valence-electron chi connectivity index (χ2n) is 8.14. The van der Waals surface area contributed by atoms with Crippen LogP contribution in [-0.4, -0.2) is 54.4 Å². The first kappa shape index (κ1) is 19.4. The minimum atomic E-state index is -0.335. The number of ether oxygens (including phenoxy) is 1. The van der Waals surface area contributed by atoms with Crippen LogP contribution in [0, 0.1) is 5.41 Å². The average molecular weight is 386 g/mol. The zero-order valence-electron chi connectivity index (χ0n) is 16.5. The Hall–Kier alpha value is -1.89. The van der Waals surface area contributed by atoms with Gasteiger partial charge in [0.25, 0.3) is 0 Å². The number of aryl methyl sites for hydroxylation is 1. The molecule has 28 heavy (non-hydrogen) atoms. The Morgan fingerprint density at radius 2 is 2.18 bits per heavy atom. The largest absolute Gasteiger partial charge is 0.464 e. The molecule has 0 radical (unpaired) electrons. The Bertz CT molecular complexity index is 838. The summed E-state index contributed by atoms with van der Waals surface area (Å²) in [6, 6.07) is 6.16. The van der Waals surface area contributed by atoms with Crippen molar-refractivity contribution < 1.29 is 19.1 Å². The summed E-state index contributed by atoms with van der Waals surface area (Å²) in [5.41, 5.74) is 8.36. The van der Waals surface area contributed by atoms with Crippen molar-refractivity contribution in [2.45, 2.75) is 51.2 Å². The van der Waals surface area contributed by atoms with E-state index < -0.39 is 0 Å². The molecule has 1 spiro atoms. The Balaban J connectivity index is 1.39. The molecule has 1 aliphatic carbocycles. The number of carbonyl (C=O) groups excluding carboxylic acids is 1. The lowest BCUT2D eigenvalue weighted by Crippen LogP contribution is -2.63. The van der Waals surface area contributed by atoms with Crippen molar-refractivity contribution in [1.29, 1.82) is 0 Å². The van der Waals surface area contributed by atoms with E-state index >= 15 is 0 Å². The number of aliphatic hydroxyl groups excluding tert-OH is 1. The van der Waals surface area contributed by atoms with E-state index in [1.165, 1.54) is 5.56 Å². The van der Waals surface area contributed by atoms with Crippen LogP contribution in [0.1, 0.15) is 37.3 Å². The minimum absolute atomic E-state index is 0.0635. The van der Waals surface area contributed by atoms with Crippen LogP contribution in [-0.2, 0) is 22.4 Å². The zero-order valence-corrected chi connectivity index (χ0v) is 16.5. The highest BCUT2D eigenvalue weighted by atomic mass is 16.5. The zero-order chi connectivity index (χ0) is 19.7. The maximum absolute atomic E-state index is 12.9. The highest BCUT2D eigenvalue weighted by Gasteiger charge is 2.56. The summed E-state index contributed by atoms with van der Waals surface area (Å²) >= 11 is 0. The molecule has 1 aromatic carbocycles. The van der Waals surface area contributed by atoms with E-state index in [-0.39, 0.29) is 23.5 Å². The average Bonchev–Trinajstić information content (AvgIpc) is 3.12. The molecule has 1 aromatic heterocycles. The summed E-state index contributed by atoms with van der Waals surface area (Å²) in [6.45, 7) is 4.46. The molecular weight excluding hydrogens is 356 g/mol. The number of carbonyl (C=O) groups is 1. The molecule has 1 aliphatic heterocycles. The van der Waals surface area contributed by atoms with E-state index in [2.05, 4.69) is 19.1 Å². The number of nitrogens with zero attached hydrogens (tertiary/aromatic N) is 1. The number of amides is 1. The van der Waals surface area contributed by atoms with E-state index in [1.54, 1.807) is 6.26 Å². The molecule has 2 fully saturated rings. The summed E-state index contributed by atoms with van der Waals surface area (Å²) in [4.78, 5) is 14.8. The van der Waals surface area contributed by atoms with E-state index in [9.17, 15) is 9.90 Å². The van der Waals surface area contributed by atoms with Gasteiger partial charge in [-0.05, 0) is 37.0 Å². The van der Waals surface area contributed by atoms with Crippen LogP contribution in [0.2, 0.25) is 0 Å². The van der Waals surface area contributed by atoms with Crippen LogP contribution in [0.15, 0.2) is 28.9 Å². The number of rotatable bonds is 6. The first-order valence-corrected chi connectivity index (χ1v) is 10.3. The number of hydrogen-bond acceptors (Lipinski definition) is 5. The maximum Gasteiger partial charge on any atom is 0.227 e. The van der Waals surface area contributed by atoms with Crippen molar-refractivity contribution in [2.75, 3.05) is 26.2 Å². The van der Waals surface area contributed by atoms with Crippen molar-refractivity contribution in [3.05, 3.63) is 35.6 Å². The summed E-state index contributed by atoms with van der Waals surface area (Å²) in [5.74, 6) is 0.118. The predicted octanol–water partition coefficient (Wildman–Crippen LogP) is 2.25. The van der Waals surface area contributed by atoms with Crippen LogP contribution >= 0.6 is 0 Å². The van der Waals surface area contributed by atoms with Crippen molar-refractivity contribution in [1.82, 2.24) is 4.90 Å². The molecule has 2 aliphatic rings. The maximum atomic E-state index is 12.9. The van der Waals surface area contributed by atoms with E-state index in [4.69, 9.17) is 14.9 Å². The monoisotopic (exact) mass is 386 g/mol. The summed E-state index contributed by atoms with van der Waals surface area (Å²) in [6.07, 6.45) is 4.98. The molecule has 1 amide bonds. The van der Waals surface area contributed by atoms with Gasteiger partial charge < -0.3 is 24.9 Å². The molecule has 152 valence electrons. The number of aliphatic hydroxyl groups is 1. The molecule has 1 saturated carbocycles. The van der Waals surface area contributed by atoms with Gasteiger partial charge in [0.2, 0.25) is 5.91 Å². The van der Waals surface area contributed by atoms with Crippen molar-refractivity contribution in [3.8, 4) is 0 Å².